The summed E-state index contributed by atoms with van der Waals surface area (Å²) >= 11 is 0. The maximum absolute atomic E-state index is 13.3. The third-order valence-electron chi connectivity index (χ3n) is 3.19. The van der Waals surface area contributed by atoms with Crippen LogP contribution in [0.5, 0.6) is 0 Å². The minimum absolute atomic E-state index is 0.00315. The van der Waals surface area contributed by atoms with Crippen molar-refractivity contribution in [1.82, 2.24) is 5.32 Å². The third-order valence-corrected chi connectivity index (χ3v) is 3.19. The number of rotatable bonds is 0. The second-order valence-corrected chi connectivity index (χ2v) is 4.67. The summed E-state index contributed by atoms with van der Waals surface area (Å²) in [7, 11) is 0. The molecule has 0 aromatic heterocycles. The zero-order valence-corrected chi connectivity index (χ0v) is 8.67. The van der Waals surface area contributed by atoms with Crippen LogP contribution in [0.25, 0.3) is 0 Å². The number of hydrogen-bond donors (Lipinski definition) is 2. The summed E-state index contributed by atoms with van der Waals surface area (Å²) in [6.07, 6.45) is -0.0691. The number of nitrogen functional groups attached to an aromatic ring is 1. The van der Waals surface area contributed by atoms with E-state index in [0.717, 1.165) is 11.1 Å². The lowest BCUT2D eigenvalue weighted by atomic mass is 9.84. The molecule has 1 aromatic carbocycles. The molecule has 2 aliphatic rings. The monoisotopic (exact) mass is 208 g/mol. The standard InChI is InChI=1S/C11H13FN2O/c1-11(2)5-3-4-6(12)8(13)7(5)9-10(14-11)15-9/h3-4,9-10,14H,13H2,1-2H3. The van der Waals surface area contributed by atoms with Gasteiger partial charge in [0.15, 0.2) is 0 Å². The molecule has 1 fully saturated rings. The van der Waals surface area contributed by atoms with Gasteiger partial charge in [-0.1, -0.05) is 6.07 Å². The summed E-state index contributed by atoms with van der Waals surface area (Å²) in [4.78, 5) is 0. The van der Waals surface area contributed by atoms with Crippen molar-refractivity contribution in [2.75, 3.05) is 5.73 Å². The third kappa shape index (κ3) is 1.12. The molecule has 0 bridgehead atoms. The number of ether oxygens (including phenoxy) is 1. The number of hydrogen-bond acceptors (Lipinski definition) is 3. The van der Waals surface area contributed by atoms with Crippen molar-refractivity contribution in [3.05, 3.63) is 29.1 Å². The molecular formula is C11H13FN2O. The van der Waals surface area contributed by atoms with Gasteiger partial charge in [-0.3, -0.25) is 5.32 Å². The number of nitrogens with one attached hydrogen (secondary N) is 1. The van der Waals surface area contributed by atoms with Crippen LogP contribution in [-0.4, -0.2) is 6.23 Å². The molecule has 0 spiro atoms. The van der Waals surface area contributed by atoms with Crippen molar-refractivity contribution in [3.8, 4) is 0 Å². The molecule has 1 saturated heterocycles. The Morgan fingerprint density at radius 3 is 2.93 bits per heavy atom. The smallest absolute Gasteiger partial charge is 0.146 e. The highest BCUT2D eigenvalue weighted by Gasteiger charge is 2.51. The first kappa shape index (κ1) is 9.12. The second kappa shape index (κ2) is 2.51. The van der Waals surface area contributed by atoms with Crippen LogP contribution in [0.4, 0.5) is 10.1 Å². The van der Waals surface area contributed by atoms with E-state index in [2.05, 4.69) is 5.32 Å². The largest absolute Gasteiger partial charge is 0.396 e. The van der Waals surface area contributed by atoms with E-state index < -0.39 is 0 Å². The molecular weight excluding hydrogens is 195 g/mol. The second-order valence-electron chi connectivity index (χ2n) is 4.67. The lowest BCUT2D eigenvalue weighted by molar-refractivity contribution is 0.297. The van der Waals surface area contributed by atoms with Gasteiger partial charge in [0.25, 0.3) is 0 Å². The van der Waals surface area contributed by atoms with E-state index in [1.54, 1.807) is 6.07 Å². The van der Waals surface area contributed by atoms with Crippen LogP contribution in [-0.2, 0) is 10.3 Å². The van der Waals surface area contributed by atoms with Gasteiger partial charge in [-0.05, 0) is 25.5 Å². The van der Waals surface area contributed by atoms with Crippen molar-refractivity contribution in [2.24, 2.45) is 0 Å². The molecule has 0 aliphatic carbocycles. The molecule has 4 heteroatoms. The number of halogens is 1. The fourth-order valence-electron chi connectivity index (χ4n) is 2.34. The van der Waals surface area contributed by atoms with Gasteiger partial charge in [-0.2, -0.15) is 0 Å². The van der Waals surface area contributed by atoms with Gasteiger partial charge in [0.2, 0.25) is 0 Å². The lowest BCUT2D eigenvalue weighted by Gasteiger charge is -2.32. The number of fused-ring (bicyclic) bond motifs is 3. The van der Waals surface area contributed by atoms with E-state index >= 15 is 0 Å². The van der Waals surface area contributed by atoms with Crippen molar-refractivity contribution < 1.29 is 9.13 Å². The maximum atomic E-state index is 13.3. The van der Waals surface area contributed by atoms with Gasteiger partial charge < -0.3 is 10.5 Å². The molecule has 0 saturated carbocycles. The predicted molar refractivity (Wildman–Crippen MR) is 54.6 cm³/mol. The first-order valence-electron chi connectivity index (χ1n) is 5.02. The first-order chi connectivity index (χ1) is 7.00. The molecule has 3 N–H and O–H groups in total. The Kier molecular flexibility index (Phi) is 1.53. The number of epoxide rings is 1. The van der Waals surface area contributed by atoms with Crippen molar-refractivity contribution in [3.63, 3.8) is 0 Å². The van der Waals surface area contributed by atoms with Crippen LogP contribution in [0.15, 0.2) is 12.1 Å². The molecule has 2 atom stereocenters. The molecule has 2 aliphatic heterocycles. The van der Waals surface area contributed by atoms with Crippen LogP contribution in [0.2, 0.25) is 0 Å². The van der Waals surface area contributed by atoms with Crippen LogP contribution >= 0.6 is 0 Å². The summed E-state index contributed by atoms with van der Waals surface area (Å²) in [5.74, 6) is -0.360. The number of benzene rings is 1. The van der Waals surface area contributed by atoms with Crippen molar-refractivity contribution >= 4 is 5.69 Å². The molecule has 0 amide bonds. The summed E-state index contributed by atoms with van der Waals surface area (Å²) < 4.78 is 18.8. The van der Waals surface area contributed by atoms with Crippen LogP contribution in [0.1, 0.15) is 31.1 Å². The van der Waals surface area contributed by atoms with E-state index in [1.807, 2.05) is 13.8 Å². The average molecular weight is 208 g/mol. The highest BCUT2D eigenvalue weighted by atomic mass is 19.1. The number of anilines is 1. The van der Waals surface area contributed by atoms with E-state index in [1.165, 1.54) is 6.07 Å². The Hall–Kier alpha value is -1.13. The molecule has 15 heavy (non-hydrogen) atoms. The molecule has 3 nitrogen and oxygen atoms in total. The van der Waals surface area contributed by atoms with E-state index in [0.29, 0.717) is 0 Å². The van der Waals surface area contributed by atoms with E-state index in [-0.39, 0.29) is 29.4 Å². The Bertz CT molecular complexity index is 444. The highest BCUT2D eigenvalue weighted by molar-refractivity contribution is 5.58. The molecule has 0 radical (unpaired) electrons. The van der Waals surface area contributed by atoms with Gasteiger partial charge in [0.05, 0.1) is 5.69 Å². The highest BCUT2D eigenvalue weighted by Crippen LogP contribution is 2.50. The minimum atomic E-state index is -0.360. The van der Waals surface area contributed by atoms with Gasteiger partial charge in [0.1, 0.15) is 18.1 Å². The topological polar surface area (TPSA) is 50.6 Å². The zero-order chi connectivity index (χ0) is 10.8. The Labute approximate surface area is 87.4 Å². The molecule has 3 rings (SSSR count). The minimum Gasteiger partial charge on any atom is -0.396 e. The van der Waals surface area contributed by atoms with Gasteiger partial charge >= 0.3 is 0 Å². The molecule has 2 unspecified atom stereocenters. The van der Waals surface area contributed by atoms with Crippen LogP contribution in [0.3, 0.4) is 0 Å². The SMILES string of the molecule is CC1(C)NC2OC2c2c1ccc(F)c2N. The Balaban J connectivity index is 2.26. The average Bonchev–Trinajstić information content (AvgIpc) is 2.87. The summed E-state index contributed by atoms with van der Waals surface area (Å²) in [6, 6.07) is 3.20. The Morgan fingerprint density at radius 1 is 1.47 bits per heavy atom. The quantitative estimate of drug-likeness (QED) is 0.503. The summed E-state index contributed by atoms with van der Waals surface area (Å²) in [5.41, 5.74) is 7.63. The predicted octanol–water partition coefficient (Wildman–Crippen LogP) is 1.64. The molecule has 1 aromatic rings. The summed E-state index contributed by atoms with van der Waals surface area (Å²) in [6.45, 7) is 4.09. The van der Waals surface area contributed by atoms with Gasteiger partial charge in [-0.25, -0.2) is 4.39 Å². The summed E-state index contributed by atoms with van der Waals surface area (Å²) in [5, 5.41) is 3.33. The molecule has 80 valence electrons. The fourth-order valence-corrected chi connectivity index (χ4v) is 2.34. The van der Waals surface area contributed by atoms with Crippen molar-refractivity contribution in [2.45, 2.75) is 31.7 Å². The van der Waals surface area contributed by atoms with Gasteiger partial charge in [0, 0.05) is 11.1 Å². The number of nitrogens with two attached hydrogens (primary N) is 1. The van der Waals surface area contributed by atoms with Crippen LogP contribution < -0.4 is 11.1 Å². The van der Waals surface area contributed by atoms with E-state index in [4.69, 9.17) is 10.5 Å². The molecule has 2 heterocycles. The first-order valence-corrected chi connectivity index (χ1v) is 5.02. The van der Waals surface area contributed by atoms with E-state index in [9.17, 15) is 4.39 Å². The van der Waals surface area contributed by atoms with Crippen LogP contribution in [0, 0.1) is 5.82 Å². The van der Waals surface area contributed by atoms with Crippen molar-refractivity contribution in [1.29, 1.82) is 0 Å². The van der Waals surface area contributed by atoms with Gasteiger partial charge in [-0.15, -0.1) is 0 Å². The Morgan fingerprint density at radius 2 is 2.20 bits per heavy atom. The zero-order valence-electron chi connectivity index (χ0n) is 8.67. The normalized spacial score (nSPS) is 30.6. The maximum Gasteiger partial charge on any atom is 0.146 e. The lowest BCUT2D eigenvalue weighted by Crippen LogP contribution is -2.42. The fraction of sp³-hybridized carbons (Fsp3) is 0.455.